The number of hydrogen-bond donors (Lipinski definition) is 0. The first-order valence-electron chi connectivity index (χ1n) is 12.2. The number of para-hydroxylation sites is 3. The Balaban J connectivity index is 1.58. The highest BCUT2D eigenvalue weighted by molar-refractivity contribution is 5.86. The maximum atomic E-state index is 4.98. The summed E-state index contributed by atoms with van der Waals surface area (Å²) in [5.41, 5.74) is 5.92. The molecule has 0 radical (unpaired) electrons. The van der Waals surface area contributed by atoms with Gasteiger partial charge >= 0.3 is 0 Å². The summed E-state index contributed by atoms with van der Waals surface area (Å²) in [5, 5.41) is 0. The summed E-state index contributed by atoms with van der Waals surface area (Å²) in [4.78, 5) is 17.1. The number of rotatable bonds is 6. The van der Waals surface area contributed by atoms with Gasteiger partial charge in [0.25, 0.3) is 0 Å². The largest absolute Gasteiger partial charge is 0.310 e. The normalized spacial score (nSPS) is 10.7. The average molecular weight is 477 g/mol. The van der Waals surface area contributed by atoms with Gasteiger partial charge in [0.05, 0.1) is 5.69 Å². The van der Waals surface area contributed by atoms with Crippen LogP contribution >= 0.6 is 0 Å². The predicted octanol–water partition coefficient (Wildman–Crippen LogP) is 8.34. The van der Waals surface area contributed by atoms with Crippen LogP contribution in [0.2, 0.25) is 0 Å². The molecule has 6 aromatic rings. The summed E-state index contributed by atoms with van der Waals surface area (Å²) in [5.74, 6) is 1.91. The SMILES string of the molecule is c1ccc(-c2nc(-c3ccccc3)nc(-c3ccccc3N(c3ccccc3)c3ccccc3)n2)cc1. The molecule has 0 saturated carbocycles. The lowest BCUT2D eigenvalue weighted by Gasteiger charge is -2.27. The molecule has 0 N–H and O–H groups in total. The third-order valence-corrected chi connectivity index (χ3v) is 6.11. The molecule has 0 aliphatic carbocycles. The van der Waals surface area contributed by atoms with Crippen molar-refractivity contribution >= 4 is 17.1 Å². The zero-order chi connectivity index (χ0) is 24.9. The van der Waals surface area contributed by atoms with Crippen LogP contribution in [-0.2, 0) is 0 Å². The van der Waals surface area contributed by atoms with Crippen molar-refractivity contribution in [3.63, 3.8) is 0 Å². The molecule has 1 aromatic heterocycles. The van der Waals surface area contributed by atoms with Crippen molar-refractivity contribution in [3.05, 3.63) is 146 Å². The topological polar surface area (TPSA) is 41.9 Å². The van der Waals surface area contributed by atoms with Crippen molar-refractivity contribution in [2.24, 2.45) is 0 Å². The summed E-state index contributed by atoms with van der Waals surface area (Å²) in [6, 6.07) is 49.1. The summed E-state index contributed by atoms with van der Waals surface area (Å²) >= 11 is 0. The first-order chi connectivity index (χ1) is 18.4. The molecule has 0 spiro atoms. The Morgan fingerprint density at radius 3 is 1.22 bits per heavy atom. The fourth-order valence-electron chi connectivity index (χ4n) is 4.37. The minimum Gasteiger partial charge on any atom is -0.310 e. The van der Waals surface area contributed by atoms with Crippen LogP contribution in [0.3, 0.4) is 0 Å². The molecular formula is C33H24N4. The van der Waals surface area contributed by atoms with E-state index in [9.17, 15) is 0 Å². The van der Waals surface area contributed by atoms with Gasteiger partial charge in [0.2, 0.25) is 0 Å². The van der Waals surface area contributed by atoms with Crippen molar-refractivity contribution in [2.45, 2.75) is 0 Å². The Morgan fingerprint density at radius 2 is 0.730 bits per heavy atom. The first kappa shape index (κ1) is 22.4. The van der Waals surface area contributed by atoms with Crippen molar-refractivity contribution < 1.29 is 0 Å². The number of hydrogen-bond acceptors (Lipinski definition) is 4. The second-order valence-corrected chi connectivity index (χ2v) is 8.56. The molecule has 0 amide bonds. The van der Waals surface area contributed by atoms with Gasteiger partial charge in [-0.3, -0.25) is 0 Å². The zero-order valence-corrected chi connectivity index (χ0v) is 20.1. The van der Waals surface area contributed by atoms with Gasteiger partial charge in [-0.2, -0.15) is 0 Å². The minimum atomic E-state index is 0.625. The van der Waals surface area contributed by atoms with Crippen LogP contribution in [0.15, 0.2) is 146 Å². The van der Waals surface area contributed by atoms with Gasteiger partial charge in [-0.1, -0.05) is 109 Å². The highest BCUT2D eigenvalue weighted by Crippen LogP contribution is 2.40. The van der Waals surface area contributed by atoms with E-state index in [0.717, 1.165) is 33.8 Å². The van der Waals surface area contributed by atoms with Crippen LogP contribution < -0.4 is 4.90 Å². The van der Waals surface area contributed by atoms with Gasteiger partial charge in [0, 0.05) is 28.1 Å². The molecule has 176 valence electrons. The van der Waals surface area contributed by atoms with Crippen LogP contribution in [-0.4, -0.2) is 15.0 Å². The molecule has 4 heteroatoms. The van der Waals surface area contributed by atoms with Crippen molar-refractivity contribution in [2.75, 3.05) is 4.90 Å². The van der Waals surface area contributed by atoms with Crippen LogP contribution in [0.1, 0.15) is 0 Å². The number of anilines is 3. The lowest BCUT2D eigenvalue weighted by Crippen LogP contribution is -2.12. The highest BCUT2D eigenvalue weighted by Gasteiger charge is 2.20. The van der Waals surface area contributed by atoms with Crippen molar-refractivity contribution in [1.82, 2.24) is 15.0 Å². The molecule has 0 aliphatic heterocycles. The van der Waals surface area contributed by atoms with Crippen molar-refractivity contribution in [3.8, 4) is 34.2 Å². The van der Waals surface area contributed by atoms with E-state index in [1.807, 2.05) is 78.9 Å². The minimum absolute atomic E-state index is 0.625. The average Bonchev–Trinajstić information content (AvgIpc) is 2.99. The molecule has 0 fully saturated rings. The Labute approximate surface area is 216 Å². The van der Waals surface area contributed by atoms with Gasteiger partial charge < -0.3 is 4.90 Å². The van der Waals surface area contributed by atoms with E-state index in [4.69, 9.17) is 15.0 Å². The second-order valence-electron chi connectivity index (χ2n) is 8.56. The van der Waals surface area contributed by atoms with E-state index in [1.54, 1.807) is 0 Å². The Hall–Kier alpha value is -5.09. The van der Waals surface area contributed by atoms with E-state index in [1.165, 1.54) is 0 Å². The lowest BCUT2D eigenvalue weighted by atomic mass is 10.1. The second kappa shape index (κ2) is 10.3. The molecule has 0 saturated heterocycles. The summed E-state index contributed by atoms with van der Waals surface area (Å²) < 4.78 is 0. The van der Waals surface area contributed by atoms with E-state index in [2.05, 4.69) is 71.6 Å². The van der Waals surface area contributed by atoms with Gasteiger partial charge in [0.15, 0.2) is 17.5 Å². The first-order valence-corrected chi connectivity index (χ1v) is 12.2. The van der Waals surface area contributed by atoms with Crippen LogP contribution in [0.5, 0.6) is 0 Å². The zero-order valence-electron chi connectivity index (χ0n) is 20.1. The molecular weight excluding hydrogens is 452 g/mol. The van der Waals surface area contributed by atoms with Crippen LogP contribution in [0.25, 0.3) is 34.2 Å². The summed E-state index contributed by atoms with van der Waals surface area (Å²) in [7, 11) is 0. The Morgan fingerprint density at radius 1 is 0.351 bits per heavy atom. The summed E-state index contributed by atoms with van der Waals surface area (Å²) in [6.45, 7) is 0. The van der Waals surface area contributed by atoms with Crippen molar-refractivity contribution in [1.29, 1.82) is 0 Å². The van der Waals surface area contributed by atoms with E-state index in [-0.39, 0.29) is 0 Å². The fraction of sp³-hybridized carbons (Fsp3) is 0. The molecule has 0 unspecified atom stereocenters. The van der Waals surface area contributed by atoms with E-state index >= 15 is 0 Å². The number of benzene rings is 5. The molecule has 4 nitrogen and oxygen atoms in total. The Kier molecular flexibility index (Phi) is 6.21. The summed E-state index contributed by atoms with van der Waals surface area (Å²) in [6.07, 6.45) is 0. The molecule has 0 bridgehead atoms. The third kappa shape index (κ3) is 4.73. The molecule has 6 rings (SSSR count). The van der Waals surface area contributed by atoms with E-state index in [0.29, 0.717) is 17.5 Å². The molecule has 0 atom stereocenters. The highest BCUT2D eigenvalue weighted by atomic mass is 15.1. The maximum Gasteiger partial charge on any atom is 0.166 e. The molecule has 5 aromatic carbocycles. The molecule has 0 aliphatic rings. The van der Waals surface area contributed by atoms with Gasteiger partial charge in [-0.05, 0) is 36.4 Å². The van der Waals surface area contributed by atoms with Crippen LogP contribution in [0, 0.1) is 0 Å². The van der Waals surface area contributed by atoms with Gasteiger partial charge in [-0.25, -0.2) is 15.0 Å². The smallest absolute Gasteiger partial charge is 0.166 e. The monoisotopic (exact) mass is 476 g/mol. The molecule has 1 heterocycles. The van der Waals surface area contributed by atoms with E-state index < -0.39 is 0 Å². The van der Waals surface area contributed by atoms with Gasteiger partial charge in [-0.15, -0.1) is 0 Å². The van der Waals surface area contributed by atoms with Crippen LogP contribution in [0.4, 0.5) is 17.1 Å². The maximum absolute atomic E-state index is 4.98. The molecule has 37 heavy (non-hydrogen) atoms. The quantitative estimate of drug-likeness (QED) is 0.242. The number of aromatic nitrogens is 3. The Bertz CT molecular complexity index is 1510. The standard InChI is InChI=1S/C33H24N4/c1-5-15-25(16-6-1)31-34-32(26-17-7-2-8-18-26)36-33(35-31)29-23-13-14-24-30(29)37(27-19-9-3-10-20-27)28-21-11-4-12-22-28/h1-24H. The third-order valence-electron chi connectivity index (χ3n) is 6.11. The lowest BCUT2D eigenvalue weighted by molar-refractivity contribution is 1.07. The van der Waals surface area contributed by atoms with Gasteiger partial charge in [0.1, 0.15) is 0 Å². The number of nitrogens with zero attached hydrogens (tertiary/aromatic N) is 4. The fourth-order valence-corrected chi connectivity index (χ4v) is 4.37. The predicted molar refractivity (Wildman–Crippen MR) is 151 cm³/mol.